The third-order valence-electron chi connectivity index (χ3n) is 4.22. The summed E-state index contributed by atoms with van der Waals surface area (Å²) >= 11 is 0. The largest absolute Gasteiger partial charge is 0.460 e. The van der Waals surface area contributed by atoms with E-state index >= 15 is 0 Å². The smallest absolute Gasteiger partial charge is 0.387 e. The van der Waals surface area contributed by atoms with Gasteiger partial charge in [-0.25, -0.2) is 9.59 Å². The third-order valence-corrected chi connectivity index (χ3v) is 4.22. The van der Waals surface area contributed by atoms with Crippen LogP contribution in [0.4, 0.5) is 8.78 Å². The molecule has 27 heavy (non-hydrogen) atoms. The molecule has 2 aliphatic rings. The number of allylic oxidation sites excluding steroid dienone is 1. The van der Waals surface area contributed by atoms with Crippen LogP contribution in [0.3, 0.4) is 0 Å². The van der Waals surface area contributed by atoms with Gasteiger partial charge in [0.15, 0.2) is 0 Å². The number of cyclic esters (lactones) is 1. The van der Waals surface area contributed by atoms with Crippen LogP contribution in [0.25, 0.3) is 0 Å². The summed E-state index contributed by atoms with van der Waals surface area (Å²) in [6.07, 6.45) is -0.392. The Morgan fingerprint density at radius 2 is 2.00 bits per heavy atom. The molecule has 144 valence electrons. The van der Waals surface area contributed by atoms with Crippen molar-refractivity contribution in [2.24, 2.45) is 0 Å². The summed E-state index contributed by atoms with van der Waals surface area (Å²) in [4.78, 5) is 25.1. The number of hydrogen-bond acceptors (Lipinski definition) is 6. The average molecular weight is 379 g/mol. The number of esters is 2. The first-order valence-corrected chi connectivity index (χ1v) is 8.42. The molecular weight excluding hydrogens is 360 g/mol. The van der Waals surface area contributed by atoms with Gasteiger partial charge in [0.2, 0.25) is 0 Å². The van der Waals surface area contributed by atoms with Gasteiger partial charge in [0.25, 0.3) is 0 Å². The van der Waals surface area contributed by atoms with E-state index in [1.807, 2.05) is 0 Å². The van der Waals surface area contributed by atoms with Crippen LogP contribution in [-0.2, 0) is 19.1 Å². The number of carbonyl (C=O) groups is 2. The van der Waals surface area contributed by atoms with Crippen molar-refractivity contribution in [1.82, 2.24) is 5.32 Å². The predicted molar refractivity (Wildman–Crippen MR) is 90.9 cm³/mol. The second-order valence-corrected chi connectivity index (χ2v) is 6.44. The topological polar surface area (TPSA) is 73.9 Å². The number of halogens is 2. The highest BCUT2D eigenvalue weighted by Gasteiger charge is 2.43. The lowest BCUT2D eigenvalue weighted by Crippen LogP contribution is -2.31. The summed E-state index contributed by atoms with van der Waals surface area (Å²) in [7, 11) is 0. The molecule has 0 aromatic heterocycles. The predicted octanol–water partition coefficient (Wildman–Crippen LogP) is 3.01. The Labute approximate surface area is 154 Å². The molecule has 6 nitrogen and oxygen atoms in total. The van der Waals surface area contributed by atoms with Gasteiger partial charge in [-0.15, -0.1) is 0 Å². The number of alkyl halides is 2. The van der Waals surface area contributed by atoms with Crippen molar-refractivity contribution < 1.29 is 32.6 Å². The molecule has 0 bridgehead atoms. The Morgan fingerprint density at radius 1 is 1.30 bits per heavy atom. The van der Waals surface area contributed by atoms with Gasteiger partial charge in [-0.2, -0.15) is 8.78 Å². The molecule has 1 unspecified atom stereocenters. The molecule has 0 fully saturated rings. The molecule has 2 aliphatic heterocycles. The molecule has 1 aromatic carbocycles. The van der Waals surface area contributed by atoms with Gasteiger partial charge < -0.3 is 19.5 Å². The van der Waals surface area contributed by atoms with E-state index in [9.17, 15) is 18.4 Å². The van der Waals surface area contributed by atoms with Crippen LogP contribution in [0, 0.1) is 0 Å². The minimum absolute atomic E-state index is 0.0202. The number of carbonyl (C=O) groups excluding carboxylic acids is 2. The number of para-hydroxylation sites is 1. The molecule has 0 spiro atoms. The molecule has 8 heteroatoms. The molecule has 0 amide bonds. The van der Waals surface area contributed by atoms with Crippen molar-refractivity contribution in [3.05, 3.63) is 52.4 Å². The summed E-state index contributed by atoms with van der Waals surface area (Å²) in [6, 6.07) is 6.06. The fourth-order valence-corrected chi connectivity index (χ4v) is 3.25. The minimum atomic E-state index is -3.05. The normalized spacial score (nSPS) is 19.2. The summed E-state index contributed by atoms with van der Waals surface area (Å²) < 4.78 is 40.8. The van der Waals surface area contributed by atoms with E-state index in [0.29, 0.717) is 11.4 Å². The van der Waals surface area contributed by atoms with E-state index in [1.165, 1.54) is 12.1 Å². The molecule has 2 heterocycles. The van der Waals surface area contributed by atoms with Crippen molar-refractivity contribution in [3.8, 4) is 5.75 Å². The molecule has 3 rings (SSSR count). The zero-order valence-corrected chi connectivity index (χ0v) is 15.0. The maximum absolute atomic E-state index is 12.9. The van der Waals surface area contributed by atoms with E-state index in [1.54, 1.807) is 32.9 Å². The summed E-state index contributed by atoms with van der Waals surface area (Å²) in [5, 5.41) is 3.00. The Kier molecular flexibility index (Phi) is 5.16. The molecule has 0 radical (unpaired) electrons. The van der Waals surface area contributed by atoms with Crippen molar-refractivity contribution in [2.75, 3.05) is 6.61 Å². The summed E-state index contributed by atoms with van der Waals surface area (Å²) in [6.45, 7) is 2.02. The lowest BCUT2D eigenvalue weighted by atomic mass is 9.80. The van der Waals surface area contributed by atoms with E-state index in [2.05, 4.69) is 10.1 Å². The number of benzene rings is 1. The van der Waals surface area contributed by atoms with Crippen molar-refractivity contribution in [1.29, 1.82) is 0 Å². The van der Waals surface area contributed by atoms with Gasteiger partial charge in [0.1, 0.15) is 12.4 Å². The van der Waals surface area contributed by atoms with Crippen molar-refractivity contribution >= 4 is 11.9 Å². The lowest BCUT2D eigenvalue weighted by molar-refractivity contribution is -0.143. The van der Waals surface area contributed by atoms with E-state index in [-0.39, 0.29) is 29.1 Å². The van der Waals surface area contributed by atoms with Crippen LogP contribution >= 0.6 is 0 Å². The molecule has 0 saturated heterocycles. The molecule has 1 atom stereocenters. The van der Waals surface area contributed by atoms with Crippen LogP contribution in [0.5, 0.6) is 5.75 Å². The SMILES string of the molecule is CC1=C(C(=O)OC(C)C)C(c2ccccc2OC(F)F)C2=C(COC2=O)N1. The van der Waals surface area contributed by atoms with Gasteiger partial charge in [0.05, 0.1) is 28.9 Å². The van der Waals surface area contributed by atoms with Gasteiger partial charge in [0, 0.05) is 11.3 Å². The first kappa shape index (κ1) is 18.9. The molecule has 1 N–H and O–H groups in total. The Morgan fingerprint density at radius 3 is 2.67 bits per heavy atom. The highest BCUT2D eigenvalue weighted by molar-refractivity contribution is 6.01. The molecule has 1 aromatic rings. The van der Waals surface area contributed by atoms with Crippen molar-refractivity contribution in [3.63, 3.8) is 0 Å². The van der Waals surface area contributed by atoms with Crippen LogP contribution in [0.15, 0.2) is 46.8 Å². The Hall–Kier alpha value is -2.90. The zero-order chi connectivity index (χ0) is 19.7. The monoisotopic (exact) mass is 379 g/mol. The second-order valence-electron chi connectivity index (χ2n) is 6.44. The zero-order valence-electron chi connectivity index (χ0n) is 15.0. The van der Waals surface area contributed by atoms with Crippen LogP contribution in [0.1, 0.15) is 32.3 Å². The number of ether oxygens (including phenoxy) is 3. The molecule has 0 aliphatic carbocycles. The lowest BCUT2D eigenvalue weighted by Gasteiger charge is -2.29. The van der Waals surface area contributed by atoms with Gasteiger partial charge >= 0.3 is 18.6 Å². The number of hydrogen-bond donors (Lipinski definition) is 1. The highest BCUT2D eigenvalue weighted by atomic mass is 19.3. The summed E-state index contributed by atoms with van der Waals surface area (Å²) in [5.74, 6) is -2.30. The first-order valence-electron chi connectivity index (χ1n) is 8.42. The Balaban J connectivity index is 2.16. The highest BCUT2D eigenvalue weighted by Crippen LogP contribution is 2.44. The molecular formula is C19H19F2NO5. The first-order chi connectivity index (χ1) is 12.8. The number of rotatable bonds is 5. The number of nitrogens with one attached hydrogen (secondary N) is 1. The minimum Gasteiger partial charge on any atom is -0.460 e. The van der Waals surface area contributed by atoms with Crippen molar-refractivity contribution in [2.45, 2.75) is 39.4 Å². The number of dihydropyridines is 1. The van der Waals surface area contributed by atoms with E-state index < -0.39 is 30.6 Å². The van der Waals surface area contributed by atoms with E-state index in [0.717, 1.165) is 0 Å². The Bertz CT molecular complexity index is 844. The second kappa shape index (κ2) is 7.38. The maximum atomic E-state index is 12.9. The van der Waals surface area contributed by atoms with Gasteiger partial charge in [-0.05, 0) is 26.8 Å². The quantitative estimate of drug-likeness (QED) is 0.793. The van der Waals surface area contributed by atoms with Crippen LogP contribution in [0.2, 0.25) is 0 Å². The summed E-state index contributed by atoms with van der Waals surface area (Å²) in [5.41, 5.74) is 1.58. The van der Waals surface area contributed by atoms with Crippen LogP contribution < -0.4 is 10.1 Å². The maximum Gasteiger partial charge on any atom is 0.387 e. The van der Waals surface area contributed by atoms with Gasteiger partial charge in [-0.1, -0.05) is 18.2 Å². The van der Waals surface area contributed by atoms with Gasteiger partial charge in [-0.3, -0.25) is 0 Å². The third kappa shape index (κ3) is 3.65. The fraction of sp³-hybridized carbons (Fsp3) is 0.368. The standard InChI is InChI=1S/C19H19F2NO5/c1-9(2)26-18(24)14-10(3)22-12-8-25-17(23)16(12)15(14)11-6-4-5-7-13(11)27-19(20)21/h4-7,9,15,19,22H,8H2,1-3H3. The van der Waals surface area contributed by atoms with Crippen LogP contribution in [-0.4, -0.2) is 31.3 Å². The van der Waals surface area contributed by atoms with E-state index in [4.69, 9.17) is 9.47 Å². The fourth-order valence-electron chi connectivity index (χ4n) is 3.25. The average Bonchev–Trinajstić information content (AvgIpc) is 2.93. The molecule has 0 saturated carbocycles.